The third kappa shape index (κ3) is 2.80. The SMILES string of the molecule is O=C(Nc1ncccc1Br)[C@@H]1CCCCN1. The molecule has 2 N–H and O–H groups in total. The van der Waals surface area contributed by atoms with Crippen LogP contribution in [-0.4, -0.2) is 23.5 Å². The molecule has 0 spiro atoms. The van der Waals surface area contributed by atoms with Crippen LogP contribution in [0.5, 0.6) is 0 Å². The van der Waals surface area contributed by atoms with Gasteiger partial charge in [0.1, 0.15) is 5.82 Å². The molecule has 0 aliphatic carbocycles. The lowest BCUT2D eigenvalue weighted by Crippen LogP contribution is -2.43. The summed E-state index contributed by atoms with van der Waals surface area (Å²) in [5, 5.41) is 6.02. The van der Waals surface area contributed by atoms with Gasteiger partial charge in [0.05, 0.1) is 10.5 Å². The van der Waals surface area contributed by atoms with E-state index in [2.05, 4.69) is 31.5 Å². The third-order valence-corrected chi connectivity index (χ3v) is 3.27. The van der Waals surface area contributed by atoms with Crippen LogP contribution in [0.15, 0.2) is 22.8 Å². The number of halogens is 1. The van der Waals surface area contributed by atoms with E-state index >= 15 is 0 Å². The Hall–Kier alpha value is -0.940. The number of nitrogens with zero attached hydrogens (tertiary/aromatic N) is 1. The number of hydrogen-bond donors (Lipinski definition) is 2. The fourth-order valence-corrected chi connectivity index (χ4v) is 2.11. The van der Waals surface area contributed by atoms with Gasteiger partial charge in [-0.25, -0.2) is 4.98 Å². The van der Waals surface area contributed by atoms with Crippen LogP contribution in [0.2, 0.25) is 0 Å². The predicted molar refractivity (Wildman–Crippen MR) is 66.2 cm³/mol. The summed E-state index contributed by atoms with van der Waals surface area (Å²) in [6, 6.07) is 3.60. The maximum Gasteiger partial charge on any atom is 0.242 e. The van der Waals surface area contributed by atoms with Crippen molar-refractivity contribution < 1.29 is 4.79 Å². The quantitative estimate of drug-likeness (QED) is 0.872. The first kappa shape index (κ1) is 11.5. The lowest BCUT2D eigenvalue weighted by atomic mass is 10.0. The molecule has 16 heavy (non-hydrogen) atoms. The first-order chi connectivity index (χ1) is 7.77. The van der Waals surface area contributed by atoms with E-state index < -0.39 is 0 Å². The largest absolute Gasteiger partial charge is 0.308 e. The van der Waals surface area contributed by atoms with Crippen LogP contribution in [0.4, 0.5) is 5.82 Å². The van der Waals surface area contributed by atoms with Crippen molar-refractivity contribution in [2.45, 2.75) is 25.3 Å². The molecule has 2 heterocycles. The van der Waals surface area contributed by atoms with Gasteiger partial charge in [0, 0.05) is 6.20 Å². The van der Waals surface area contributed by atoms with Crippen molar-refractivity contribution in [1.82, 2.24) is 10.3 Å². The smallest absolute Gasteiger partial charge is 0.242 e. The van der Waals surface area contributed by atoms with Gasteiger partial charge in [-0.2, -0.15) is 0 Å². The Balaban J connectivity index is 1.99. The average molecular weight is 284 g/mol. The minimum Gasteiger partial charge on any atom is -0.308 e. The fourth-order valence-electron chi connectivity index (χ4n) is 1.76. The zero-order chi connectivity index (χ0) is 11.4. The molecule has 1 atom stereocenters. The van der Waals surface area contributed by atoms with Crippen LogP contribution in [0, 0.1) is 0 Å². The second-order valence-electron chi connectivity index (χ2n) is 3.83. The minimum absolute atomic E-state index is 0.000833. The van der Waals surface area contributed by atoms with E-state index in [1.165, 1.54) is 0 Å². The molecule has 1 aromatic rings. The summed E-state index contributed by atoms with van der Waals surface area (Å²) < 4.78 is 0.805. The van der Waals surface area contributed by atoms with Crippen molar-refractivity contribution in [1.29, 1.82) is 0 Å². The first-order valence-corrected chi connectivity index (χ1v) is 6.21. The maximum atomic E-state index is 11.9. The van der Waals surface area contributed by atoms with Crippen LogP contribution < -0.4 is 10.6 Å². The lowest BCUT2D eigenvalue weighted by Gasteiger charge is -2.22. The molecule has 1 saturated heterocycles. The molecule has 1 aliphatic rings. The summed E-state index contributed by atoms with van der Waals surface area (Å²) in [4.78, 5) is 16.0. The topological polar surface area (TPSA) is 54.0 Å². The summed E-state index contributed by atoms with van der Waals surface area (Å²) in [6.45, 7) is 0.918. The van der Waals surface area contributed by atoms with Crippen molar-refractivity contribution >= 4 is 27.7 Å². The molecule has 1 aromatic heterocycles. The number of anilines is 1. The number of aromatic nitrogens is 1. The van der Waals surface area contributed by atoms with Gasteiger partial charge in [0.15, 0.2) is 0 Å². The Morgan fingerprint density at radius 3 is 3.12 bits per heavy atom. The Morgan fingerprint density at radius 1 is 1.56 bits per heavy atom. The number of piperidine rings is 1. The molecule has 0 saturated carbocycles. The number of pyridine rings is 1. The number of hydrogen-bond acceptors (Lipinski definition) is 3. The lowest BCUT2D eigenvalue weighted by molar-refractivity contribution is -0.118. The summed E-state index contributed by atoms with van der Waals surface area (Å²) in [5.41, 5.74) is 0. The molecule has 4 nitrogen and oxygen atoms in total. The number of carbonyl (C=O) groups is 1. The fraction of sp³-hybridized carbons (Fsp3) is 0.455. The second-order valence-corrected chi connectivity index (χ2v) is 4.68. The molecule has 86 valence electrons. The van der Waals surface area contributed by atoms with Crippen LogP contribution in [0.3, 0.4) is 0 Å². The summed E-state index contributed by atoms with van der Waals surface area (Å²) >= 11 is 3.35. The van der Waals surface area contributed by atoms with Gasteiger partial charge in [0.2, 0.25) is 5.91 Å². The molecule has 0 radical (unpaired) electrons. The zero-order valence-electron chi connectivity index (χ0n) is 8.87. The summed E-state index contributed by atoms with van der Waals surface area (Å²) in [6.07, 6.45) is 4.82. The van der Waals surface area contributed by atoms with E-state index in [0.29, 0.717) is 5.82 Å². The number of nitrogens with one attached hydrogen (secondary N) is 2. The molecule has 0 aromatic carbocycles. The standard InChI is InChI=1S/C11H14BrN3O/c12-8-4-3-7-14-10(8)15-11(16)9-5-1-2-6-13-9/h3-4,7,9,13H,1-2,5-6H2,(H,14,15,16)/t9-/m0/s1. The van der Waals surface area contributed by atoms with Crippen LogP contribution >= 0.6 is 15.9 Å². The third-order valence-electron chi connectivity index (χ3n) is 2.63. The summed E-state index contributed by atoms with van der Waals surface area (Å²) in [5.74, 6) is 0.582. The Bertz CT molecular complexity index is 377. The van der Waals surface area contributed by atoms with Crippen LogP contribution in [0.1, 0.15) is 19.3 Å². The normalized spacial score (nSPS) is 20.4. The van der Waals surface area contributed by atoms with Crippen LogP contribution in [-0.2, 0) is 4.79 Å². The molecule has 2 rings (SSSR count). The van der Waals surface area contributed by atoms with Crippen LogP contribution in [0.25, 0.3) is 0 Å². The van der Waals surface area contributed by atoms with E-state index in [0.717, 1.165) is 30.3 Å². The Morgan fingerprint density at radius 2 is 2.44 bits per heavy atom. The number of carbonyl (C=O) groups excluding carboxylic acids is 1. The molecule has 0 bridgehead atoms. The predicted octanol–water partition coefficient (Wildman–Crippen LogP) is 1.92. The average Bonchev–Trinajstić information content (AvgIpc) is 2.33. The Kier molecular flexibility index (Phi) is 3.90. The van der Waals surface area contributed by atoms with E-state index in [-0.39, 0.29) is 11.9 Å². The van der Waals surface area contributed by atoms with Gasteiger partial charge in [-0.15, -0.1) is 0 Å². The monoisotopic (exact) mass is 283 g/mol. The minimum atomic E-state index is -0.0809. The summed E-state index contributed by atoms with van der Waals surface area (Å²) in [7, 11) is 0. The van der Waals surface area contributed by atoms with Gasteiger partial charge in [-0.1, -0.05) is 6.42 Å². The first-order valence-electron chi connectivity index (χ1n) is 5.42. The van der Waals surface area contributed by atoms with Gasteiger partial charge >= 0.3 is 0 Å². The number of amides is 1. The Labute approximate surface area is 103 Å². The van der Waals surface area contributed by atoms with Crippen molar-refractivity contribution in [2.75, 3.05) is 11.9 Å². The highest BCUT2D eigenvalue weighted by atomic mass is 79.9. The van der Waals surface area contributed by atoms with E-state index in [1.807, 2.05) is 12.1 Å². The zero-order valence-corrected chi connectivity index (χ0v) is 10.5. The maximum absolute atomic E-state index is 11.9. The van der Waals surface area contributed by atoms with E-state index in [9.17, 15) is 4.79 Å². The van der Waals surface area contributed by atoms with Gasteiger partial charge < -0.3 is 10.6 Å². The molecule has 5 heteroatoms. The van der Waals surface area contributed by atoms with Crippen molar-refractivity contribution in [2.24, 2.45) is 0 Å². The van der Waals surface area contributed by atoms with Gasteiger partial charge in [0.25, 0.3) is 0 Å². The molecular formula is C11H14BrN3O. The van der Waals surface area contributed by atoms with Crippen molar-refractivity contribution in [3.63, 3.8) is 0 Å². The highest BCUT2D eigenvalue weighted by molar-refractivity contribution is 9.10. The molecule has 0 unspecified atom stereocenters. The van der Waals surface area contributed by atoms with E-state index in [4.69, 9.17) is 0 Å². The molecule has 1 aliphatic heterocycles. The molecule has 1 fully saturated rings. The highest BCUT2D eigenvalue weighted by Crippen LogP contribution is 2.19. The van der Waals surface area contributed by atoms with Gasteiger partial charge in [-0.05, 0) is 47.4 Å². The molecular weight excluding hydrogens is 270 g/mol. The van der Waals surface area contributed by atoms with Gasteiger partial charge in [-0.3, -0.25) is 4.79 Å². The van der Waals surface area contributed by atoms with Crippen molar-refractivity contribution in [3.8, 4) is 0 Å². The highest BCUT2D eigenvalue weighted by Gasteiger charge is 2.21. The second kappa shape index (κ2) is 5.41. The molecule has 1 amide bonds. The van der Waals surface area contributed by atoms with Crippen molar-refractivity contribution in [3.05, 3.63) is 22.8 Å². The number of rotatable bonds is 2. The van der Waals surface area contributed by atoms with E-state index in [1.54, 1.807) is 6.20 Å².